The molecule has 1 N–H and O–H groups in total. The predicted molar refractivity (Wildman–Crippen MR) is 48.0 cm³/mol. The van der Waals surface area contributed by atoms with Gasteiger partial charge in [0, 0.05) is 5.54 Å². The fourth-order valence-corrected chi connectivity index (χ4v) is 2.95. The minimum atomic E-state index is 0.365. The lowest BCUT2D eigenvalue weighted by atomic mass is 9.83. The van der Waals surface area contributed by atoms with Crippen molar-refractivity contribution >= 4 is 6.29 Å². The number of hydrogen-bond donors (Lipinski definition) is 1. The molecule has 2 saturated carbocycles. The Morgan fingerprint density at radius 2 is 2.33 bits per heavy atom. The number of nitrogens with one attached hydrogen (secondary N) is 1. The monoisotopic (exact) mass is 167 g/mol. The average Bonchev–Trinajstić information content (AvgIpc) is 2.40. The summed E-state index contributed by atoms with van der Waals surface area (Å²) in [5.74, 6) is 0.956. The highest BCUT2D eigenvalue weighted by Gasteiger charge is 2.41. The molecule has 0 spiro atoms. The van der Waals surface area contributed by atoms with Gasteiger partial charge >= 0.3 is 0 Å². The van der Waals surface area contributed by atoms with Gasteiger partial charge in [-0.15, -0.1) is 0 Å². The van der Waals surface area contributed by atoms with E-state index in [2.05, 4.69) is 5.32 Å². The molecule has 0 aromatic rings. The maximum atomic E-state index is 10.3. The molecule has 2 bridgehead atoms. The molecule has 2 rings (SSSR count). The molecular formula is C10H17NO. The van der Waals surface area contributed by atoms with E-state index in [1.165, 1.54) is 38.5 Å². The average molecular weight is 167 g/mol. The van der Waals surface area contributed by atoms with Gasteiger partial charge in [0.15, 0.2) is 0 Å². The molecule has 2 heteroatoms. The van der Waals surface area contributed by atoms with Crippen molar-refractivity contribution in [2.24, 2.45) is 5.92 Å². The maximum Gasteiger partial charge on any atom is 0.133 e. The van der Waals surface area contributed by atoms with Gasteiger partial charge in [-0.1, -0.05) is 12.8 Å². The molecule has 2 atom stereocenters. The van der Waals surface area contributed by atoms with Crippen molar-refractivity contribution in [3.63, 3.8) is 0 Å². The molecule has 0 aromatic carbocycles. The summed E-state index contributed by atoms with van der Waals surface area (Å²) in [7, 11) is 0. The summed E-state index contributed by atoms with van der Waals surface area (Å²) in [6, 6.07) is 0. The minimum Gasteiger partial charge on any atom is -0.305 e. The van der Waals surface area contributed by atoms with Crippen LogP contribution in [0.5, 0.6) is 0 Å². The number of hydrogen-bond acceptors (Lipinski definition) is 2. The van der Waals surface area contributed by atoms with E-state index in [1.54, 1.807) is 0 Å². The van der Waals surface area contributed by atoms with Crippen LogP contribution >= 0.6 is 0 Å². The second kappa shape index (κ2) is 3.17. The van der Waals surface area contributed by atoms with Crippen LogP contribution in [0.1, 0.15) is 38.5 Å². The van der Waals surface area contributed by atoms with Crippen LogP contribution in [0.2, 0.25) is 0 Å². The van der Waals surface area contributed by atoms with E-state index in [0.29, 0.717) is 12.1 Å². The molecule has 0 saturated heterocycles. The van der Waals surface area contributed by atoms with E-state index in [0.717, 1.165) is 12.2 Å². The quantitative estimate of drug-likeness (QED) is 0.645. The third-order valence-electron chi connectivity index (χ3n) is 3.54. The van der Waals surface area contributed by atoms with Gasteiger partial charge in [0.1, 0.15) is 6.29 Å². The molecule has 0 aromatic heterocycles. The Kier molecular flexibility index (Phi) is 2.18. The first kappa shape index (κ1) is 8.24. The Morgan fingerprint density at radius 1 is 1.42 bits per heavy atom. The van der Waals surface area contributed by atoms with Crippen LogP contribution in [0.3, 0.4) is 0 Å². The molecular weight excluding hydrogens is 150 g/mol. The Balaban J connectivity index is 1.95. The molecule has 2 nitrogen and oxygen atoms in total. The molecule has 0 amide bonds. The highest BCUT2D eigenvalue weighted by atomic mass is 16.1. The maximum absolute atomic E-state index is 10.3. The van der Waals surface area contributed by atoms with Gasteiger partial charge < -0.3 is 10.1 Å². The second-order valence-corrected chi connectivity index (χ2v) is 4.33. The molecule has 2 unspecified atom stereocenters. The zero-order chi connectivity index (χ0) is 8.44. The number of aldehydes is 1. The van der Waals surface area contributed by atoms with Gasteiger partial charge in [0.25, 0.3) is 0 Å². The Bertz CT molecular complexity index is 177. The first-order valence-corrected chi connectivity index (χ1v) is 5.03. The molecule has 0 aliphatic heterocycles. The summed E-state index contributed by atoms with van der Waals surface area (Å²) < 4.78 is 0. The van der Waals surface area contributed by atoms with E-state index in [-0.39, 0.29) is 0 Å². The first-order valence-electron chi connectivity index (χ1n) is 5.03. The number of carbonyl (C=O) groups is 1. The van der Waals surface area contributed by atoms with Gasteiger partial charge in [-0.05, 0) is 31.6 Å². The van der Waals surface area contributed by atoms with Gasteiger partial charge in [0.2, 0.25) is 0 Å². The van der Waals surface area contributed by atoms with Gasteiger partial charge in [0.05, 0.1) is 6.54 Å². The van der Waals surface area contributed by atoms with Crippen molar-refractivity contribution in [3.8, 4) is 0 Å². The highest BCUT2D eigenvalue weighted by molar-refractivity contribution is 5.52. The molecule has 0 heterocycles. The van der Waals surface area contributed by atoms with Gasteiger partial charge in [-0.25, -0.2) is 0 Å². The number of carbonyl (C=O) groups excluding carboxylic acids is 1. The third kappa shape index (κ3) is 1.40. The standard InChI is InChI=1S/C10H17NO/c12-7-6-11-10-4-1-2-9(8-10)3-5-10/h7,9,11H,1-6,8H2. The predicted octanol–water partition coefficient (Wildman–Crippen LogP) is 1.50. The summed E-state index contributed by atoms with van der Waals surface area (Å²) >= 11 is 0. The van der Waals surface area contributed by atoms with E-state index < -0.39 is 0 Å². The first-order chi connectivity index (χ1) is 5.85. The lowest BCUT2D eigenvalue weighted by molar-refractivity contribution is -0.107. The van der Waals surface area contributed by atoms with E-state index in [4.69, 9.17) is 0 Å². The lowest BCUT2D eigenvalue weighted by Crippen LogP contribution is -2.45. The van der Waals surface area contributed by atoms with Gasteiger partial charge in [-0.2, -0.15) is 0 Å². The van der Waals surface area contributed by atoms with Crippen molar-refractivity contribution in [1.82, 2.24) is 5.32 Å². The SMILES string of the molecule is O=CCNC12CCCC(CC1)C2. The smallest absolute Gasteiger partial charge is 0.133 e. The summed E-state index contributed by atoms with van der Waals surface area (Å²) in [6.45, 7) is 0.548. The largest absolute Gasteiger partial charge is 0.305 e. The molecule has 12 heavy (non-hydrogen) atoms. The Labute approximate surface area is 73.7 Å². The van der Waals surface area contributed by atoms with E-state index >= 15 is 0 Å². The van der Waals surface area contributed by atoms with E-state index in [1.807, 2.05) is 0 Å². The Hall–Kier alpha value is -0.370. The topological polar surface area (TPSA) is 29.1 Å². The van der Waals surface area contributed by atoms with Crippen molar-refractivity contribution in [1.29, 1.82) is 0 Å². The molecule has 0 radical (unpaired) electrons. The number of fused-ring (bicyclic) bond motifs is 2. The van der Waals surface area contributed by atoms with E-state index in [9.17, 15) is 4.79 Å². The molecule has 2 aliphatic rings. The fourth-order valence-electron chi connectivity index (χ4n) is 2.95. The summed E-state index contributed by atoms with van der Waals surface area (Å²) in [5.41, 5.74) is 0.365. The zero-order valence-electron chi connectivity index (χ0n) is 7.51. The van der Waals surface area contributed by atoms with Crippen LogP contribution in [0.25, 0.3) is 0 Å². The molecule has 68 valence electrons. The van der Waals surface area contributed by atoms with Crippen LogP contribution in [0, 0.1) is 5.92 Å². The zero-order valence-corrected chi connectivity index (χ0v) is 7.51. The van der Waals surface area contributed by atoms with Crippen LogP contribution in [-0.4, -0.2) is 18.4 Å². The normalized spacial score (nSPS) is 39.8. The van der Waals surface area contributed by atoms with Crippen LogP contribution in [0.4, 0.5) is 0 Å². The van der Waals surface area contributed by atoms with Crippen LogP contribution in [-0.2, 0) is 4.79 Å². The summed E-state index contributed by atoms with van der Waals surface area (Å²) in [6.07, 6.45) is 9.05. The van der Waals surface area contributed by atoms with Crippen molar-refractivity contribution < 1.29 is 4.79 Å². The molecule has 2 fully saturated rings. The van der Waals surface area contributed by atoms with Crippen LogP contribution < -0.4 is 5.32 Å². The summed E-state index contributed by atoms with van der Waals surface area (Å²) in [4.78, 5) is 10.3. The van der Waals surface area contributed by atoms with Crippen LogP contribution in [0.15, 0.2) is 0 Å². The lowest BCUT2D eigenvalue weighted by Gasteiger charge is -2.33. The van der Waals surface area contributed by atoms with Crippen molar-refractivity contribution in [2.75, 3.05) is 6.54 Å². The molecule has 2 aliphatic carbocycles. The minimum absolute atomic E-state index is 0.365. The summed E-state index contributed by atoms with van der Waals surface area (Å²) in [5, 5.41) is 3.41. The van der Waals surface area contributed by atoms with Crippen molar-refractivity contribution in [2.45, 2.75) is 44.1 Å². The number of rotatable bonds is 3. The second-order valence-electron chi connectivity index (χ2n) is 4.33. The van der Waals surface area contributed by atoms with Crippen molar-refractivity contribution in [3.05, 3.63) is 0 Å². The Morgan fingerprint density at radius 3 is 3.17 bits per heavy atom. The highest BCUT2D eigenvalue weighted by Crippen LogP contribution is 2.44. The van der Waals surface area contributed by atoms with Gasteiger partial charge in [-0.3, -0.25) is 0 Å². The third-order valence-corrected chi connectivity index (χ3v) is 3.54. The fraction of sp³-hybridized carbons (Fsp3) is 0.900.